The zero-order valence-corrected chi connectivity index (χ0v) is 10.9. The maximum atomic E-state index is 12.2. The molecular weight excluding hydrogens is 230 g/mol. The Morgan fingerprint density at radius 1 is 1.33 bits per heavy atom. The molecule has 1 aliphatic heterocycles. The summed E-state index contributed by atoms with van der Waals surface area (Å²) < 4.78 is 11.1. The van der Waals surface area contributed by atoms with E-state index in [9.17, 15) is 4.79 Å². The highest BCUT2D eigenvalue weighted by atomic mass is 16.5. The standard InChI is InChI=1S/C14H19NO3/c1-3-11(15-2)14(16)10-5-6-12-13(9-10)18-8-4-7-17-12/h5-6,9,11,15H,3-4,7-8H2,1-2H3. The zero-order valence-electron chi connectivity index (χ0n) is 10.9. The predicted molar refractivity (Wildman–Crippen MR) is 69.5 cm³/mol. The van der Waals surface area contributed by atoms with Crippen LogP contribution in [0.15, 0.2) is 18.2 Å². The van der Waals surface area contributed by atoms with Crippen LogP contribution in [0.1, 0.15) is 30.1 Å². The molecule has 4 heteroatoms. The molecule has 0 saturated heterocycles. The lowest BCUT2D eigenvalue weighted by molar-refractivity contribution is 0.0944. The van der Waals surface area contributed by atoms with Crippen LogP contribution in [0.2, 0.25) is 0 Å². The van der Waals surface area contributed by atoms with Crippen LogP contribution in [0.4, 0.5) is 0 Å². The summed E-state index contributed by atoms with van der Waals surface area (Å²) in [5, 5.41) is 3.02. The Bertz CT molecular complexity index is 427. The third kappa shape index (κ3) is 2.64. The van der Waals surface area contributed by atoms with Gasteiger partial charge in [0.2, 0.25) is 0 Å². The molecule has 1 unspecified atom stereocenters. The van der Waals surface area contributed by atoms with Crippen LogP contribution in [-0.4, -0.2) is 32.1 Å². The van der Waals surface area contributed by atoms with Crippen LogP contribution in [0, 0.1) is 0 Å². The van der Waals surface area contributed by atoms with Gasteiger partial charge in [-0.25, -0.2) is 0 Å². The molecule has 1 aromatic carbocycles. The van der Waals surface area contributed by atoms with Gasteiger partial charge in [0, 0.05) is 12.0 Å². The van der Waals surface area contributed by atoms with Crippen molar-refractivity contribution in [3.63, 3.8) is 0 Å². The molecule has 0 amide bonds. The Balaban J connectivity index is 2.24. The second-order valence-electron chi connectivity index (χ2n) is 4.33. The van der Waals surface area contributed by atoms with Gasteiger partial charge in [-0.3, -0.25) is 4.79 Å². The van der Waals surface area contributed by atoms with Gasteiger partial charge >= 0.3 is 0 Å². The highest BCUT2D eigenvalue weighted by Gasteiger charge is 2.19. The first kappa shape index (κ1) is 12.9. The van der Waals surface area contributed by atoms with Crippen LogP contribution >= 0.6 is 0 Å². The highest BCUT2D eigenvalue weighted by molar-refractivity contribution is 6.00. The second-order valence-corrected chi connectivity index (χ2v) is 4.33. The summed E-state index contributed by atoms with van der Waals surface area (Å²) in [4.78, 5) is 12.2. The summed E-state index contributed by atoms with van der Waals surface area (Å²) in [5.41, 5.74) is 0.667. The maximum Gasteiger partial charge on any atom is 0.179 e. The van der Waals surface area contributed by atoms with Crippen LogP contribution in [0.3, 0.4) is 0 Å². The van der Waals surface area contributed by atoms with E-state index in [2.05, 4.69) is 5.32 Å². The SMILES string of the molecule is CCC(NC)C(=O)c1ccc2c(c1)OCCCO2. The first-order chi connectivity index (χ1) is 8.76. The molecule has 1 aliphatic rings. The van der Waals surface area contributed by atoms with Gasteiger partial charge in [-0.1, -0.05) is 6.92 Å². The summed E-state index contributed by atoms with van der Waals surface area (Å²) in [6.07, 6.45) is 1.63. The van der Waals surface area contributed by atoms with Crippen molar-refractivity contribution in [3.05, 3.63) is 23.8 Å². The molecule has 0 aromatic heterocycles. The summed E-state index contributed by atoms with van der Waals surface area (Å²) in [6.45, 7) is 3.28. The van der Waals surface area contributed by atoms with Crippen molar-refractivity contribution < 1.29 is 14.3 Å². The number of ketones is 1. The van der Waals surface area contributed by atoms with Gasteiger partial charge in [0.15, 0.2) is 17.3 Å². The topological polar surface area (TPSA) is 47.6 Å². The van der Waals surface area contributed by atoms with Gasteiger partial charge in [-0.15, -0.1) is 0 Å². The number of hydrogen-bond acceptors (Lipinski definition) is 4. The summed E-state index contributed by atoms with van der Waals surface area (Å²) in [7, 11) is 1.80. The minimum Gasteiger partial charge on any atom is -0.490 e. The molecule has 0 spiro atoms. The van der Waals surface area contributed by atoms with Gasteiger partial charge < -0.3 is 14.8 Å². The number of fused-ring (bicyclic) bond motifs is 1. The molecule has 18 heavy (non-hydrogen) atoms. The second kappa shape index (κ2) is 5.87. The number of hydrogen-bond donors (Lipinski definition) is 1. The monoisotopic (exact) mass is 249 g/mol. The smallest absolute Gasteiger partial charge is 0.179 e. The van der Waals surface area contributed by atoms with Gasteiger partial charge in [0.1, 0.15) is 0 Å². The number of nitrogens with one attached hydrogen (secondary N) is 1. The summed E-state index contributed by atoms with van der Waals surface area (Å²) in [6, 6.07) is 5.25. The predicted octanol–water partition coefficient (Wildman–Crippen LogP) is 2.03. The maximum absolute atomic E-state index is 12.2. The van der Waals surface area contributed by atoms with E-state index in [0.29, 0.717) is 24.5 Å². The molecule has 1 aromatic rings. The molecule has 1 atom stereocenters. The number of ether oxygens (including phenoxy) is 2. The van der Waals surface area contributed by atoms with Crippen LogP contribution in [0.25, 0.3) is 0 Å². The molecular formula is C14H19NO3. The normalized spacial score (nSPS) is 15.9. The van der Waals surface area contributed by atoms with Crippen LogP contribution in [0.5, 0.6) is 11.5 Å². The van der Waals surface area contributed by atoms with E-state index in [-0.39, 0.29) is 11.8 Å². The molecule has 1 N–H and O–H groups in total. The van der Waals surface area contributed by atoms with E-state index in [4.69, 9.17) is 9.47 Å². The molecule has 0 fully saturated rings. The van der Waals surface area contributed by atoms with E-state index >= 15 is 0 Å². The molecule has 2 rings (SSSR count). The fraction of sp³-hybridized carbons (Fsp3) is 0.500. The first-order valence-corrected chi connectivity index (χ1v) is 6.37. The van der Waals surface area contributed by atoms with Crippen molar-refractivity contribution in [3.8, 4) is 11.5 Å². The Kier molecular flexibility index (Phi) is 4.20. The number of rotatable bonds is 4. The number of carbonyl (C=O) groups excluding carboxylic acids is 1. The average Bonchev–Trinajstić information content (AvgIpc) is 2.64. The van der Waals surface area contributed by atoms with Crippen molar-refractivity contribution >= 4 is 5.78 Å². The Labute approximate surface area is 107 Å². The lowest BCUT2D eigenvalue weighted by Crippen LogP contribution is -2.33. The minimum absolute atomic E-state index is 0.0932. The van der Waals surface area contributed by atoms with E-state index in [0.717, 1.165) is 18.6 Å². The quantitative estimate of drug-likeness (QED) is 0.829. The van der Waals surface area contributed by atoms with Gasteiger partial charge in [0.05, 0.1) is 19.3 Å². The Morgan fingerprint density at radius 3 is 2.72 bits per heavy atom. The summed E-state index contributed by atoms with van der Waals surface area (Å²) >= 11 is 0. The van der Waals surface area contributed by atoms with Crippen molar-refractivity contribution in [2.45, 2.75) is 25.8 Å². The van der Waals surface area contributed by atoms with Crippen molar-refractivity contribution in [1.82, 2.24) is 5.32 Å². The third-order valence-corrected chi connectivity index (χ3v) is 3.11. The Morgan fingerprint density at radius 2 is 2.06 bits per heavy atom. The van der Waals surface area contributed by atoms with Gasteiger partial charge in [0.25, 0.3) is 0 Å². The molecule has 1 heterocycles. The fourth-order valence-electron chi connectivity index (χ4n) is 2.04. The van der Waals surface area contributed by atoms with Crippen molar-refractivity contribution in [2.24, 2.45) is 0 Å². The lowest BCUT2D eigenvalue weighted by Gasteiger charge is -2.14. The lowest BCUT2D eigenvalue weighted by atomic mass is 10.0. The minimum atomic E-state index is -0.144. The number of benzene rings is 1. The number of carbonyl (C=O) groups is 1. The number of likely N-dealkylation sites (N-methyl/N-ethyl adjacent to an activating group) is 1. The third-order valence-electron chi connectivity index (χ3n) is 3.11. The first-order valence-electron chi connectivity index (χ1n) is 6.37. The summed E-state index contributed by atoms with van der Waals surface area (Å²) in [5.74, 6) is 1.49. The van der Waals surface area contributed by atoms with Gasteiger partial charge in [-0.05, 0) is 31.7 Å². The highest BCUT2D eigenvalue weighted by Crippen LogP contribution is 2.30. The molecule has 98 valence electrons. The molecule has 0 bridgehead atoms. The van der Waals surface area contributed by atoms with Crippen LogP contribution < -0.4 is 14.8 Å². The molecule has 0 saturated carbocycles. The zero-order chi connectivity index (χ0) is 13.0. The Hall–Kier alpha value is -1.55. The number of Topliss-reactive ketones (excluding diaryl/α,β-unsaturated/α-hetero) is 1. The van der Waals surface area contributed by atoms with E-state index < -0.39 is 0 Å². The van der Waals surface area contributed by atoms with E-state index in [1.807, 2.05) is 13.0 Å². The van der Waals surface area contributed by atoms with E-state index in [1.165, 1.54) is 0 Å². The average molecular weight is 249 g/mol. The van der Waals surface area contributed by atoms with E-state index in [1.54, 1.807) is 19.2 Å². The van der Waals surface area contributed by atoms with Crippen molar-refractivity contribution in [1.29, 1.82) is 0 Å². The molecule has 4 nitrogen and oxygen atoms in total. The molecule has 0 radical (unpaired) electrons. The van der Waals surface area contributed by atoms with Gasteiger partial charge in [-0.2, -0.15) is 0 Å². The van der Waals surface area contributed by atoms with Crippen LogP contribution in [-0.2, 0) is 0 Å². The van der Waals surface area contributed by atoms with Crippen molar-refractivity contribution in [2.75, 3.05) is 20.3 Å². The fourth-order valence-corrected chi connectivity index (χ4v) is 2.04. The largest absolute Gasteiger partial charge is 0.490 e. The molecule has 0 aliphatic carbocycles.